The average Bonchev–Trinajstić information content (AvgIpc) is 2.82. The zero-order chi connectivity index (χ0) is 13.1. The lowest BCUT2D eigenvalue weighted by Gasteiger charge is -2.06. The van der Waals surface area contributed by atoms with Crippen molar-refractivity contribution < 1.29 is 9.18 Å². The van der Waals surface area contributed by atoms with Crippen molar-refractivity contribution in [3.05, 3.63) is 40.1 Å². The van der Waals surface area contributed by atoms with Gasteiger partial charge in [0.15, 0.2) is 0 Å². The lowest BCUT2D eigenvalue weighted by molar-refractivity contribution is 0.101. The number of hydrogen-bond acceptors (Lipinski definition) is 3. The van der Waals surface area contributed by atoms with E-state index in [4.69, 9.17) is 0 Å². The van der Waals surface area contributed by atoms with Gasteiger partial charge in [0.2, 0.25) is 5.82 Å². The molecule has 0 saturated heterocycles. The highest BCUT2D eigenvalue weighted by Crippen LogP contribution is 2.25. The fourth-order valence-electron chi connectivity index (χ4n) is 1.34. The smallest absolute Gasteiger partial charge is 0.295 e. The fraction of sp³-hybridized carbons (Fsp3) is 0.182. The molecule has 0 unspecified atom stereocenters. The van der Waals surface area contributed by atoms with Crippen LogP contribution in [0.15, 0.2) is 22.7 Å². The van der Waals surface area contributed by atoms with Gasteiger partial charge in [-0.2, -0.15) is 0 Å². The van der Waals surface area contributed by atoms with E-state index in [-0.39, 0.29) is 11.5 Å². The molecule has 0 aliphatic rings. The number of halogens is 2. The first-order valence-corrected chi connectivity index (χ1v) is 6.07. The topological polar surface area (TPSA) is 70.7 Å². The number of nitrogens with one attached hydrogen (secondary N) is 2. The van der Waals surface area contributed by atoms with Gasteiger partial charge in [-0.3, -0.25) is 9.89 Å². The maximum atomic E-state index is 13.5. The number of hydrogen-bond donors (Lipinski definition) is 2. The van der Waals surface area contributed by atoms with Gasteiger partial charge < -0.3 is 5.32 Å². The third-order valence-electron chi connectivity index (χ3n) is 2.27. The Labute approximate surface area is 111 Å². The summed E-state index contributed by atoms with van der Waals surface area (Å²) in [4.78, 5) is 15.8. The number of rotatable bonds is 3. The van der Waals surface area contributed by atoms with E-state index in [1.807, 2.05) is 6.92 Å². The minimum Gasteiger partial charge on any atom is -0.316 e. The van der Waals surface area contributed by atoms with Crippen LogP contribution in [0.3, 0.4) is 0 Å². The molecule has 18 heavy (non-hydrogen) atoms. The highest BCUT2D eigenvalue weighted by atomic mass is 79.9. The third-order valence-corrected chi connectivity index (χ3v) is 2.93. The van der Waals surface area contributed by atoms with Crippen LogP contribution in [-0.4, -0.2) is 21.1 Å². The Bertz CT molecular complexity index is 564. The lowest BCUT2D eigenvalue weighted by atomic mass is 10.3. The number of para-hydroxylation sites is 1. The zero-order valence-electron chi connectivity index (χ0n) is 9.50. The van der Waals surface area contributed by atoms with Crippen LogP contribution in [0.2, 0.25) is 0 Å². The van der Waals surface area contributed by atoms with E-state index in [0.717, 1.165) is 0 Å². The summed E-state index contributed by atoms with van der Waals surface area (Å²) < 4.78 is 14.0. The minimum atomic E-state index is -0.559. The van der Waals surface area contributed by atoms with Crippen molar-refractivity contribution in [3.8, 4) is 0 Å². The summed E-state index contributed by atoms with van der Waals surface area (Å²) in [7, 11) is 0. The van der Waals surface area contributed by atoms with Crippen molar-refractivity contribution in [2.45, 2.75) is 13.3 Å². The van der Waals surface area contributed by atoms with Gasteiger partial charge in [-0.05, 0) is 28.1 Å². The fourth-order valence-corrected chi connectivity index (χ4v) is 1.78. The van der Waals surface area contributed by atoms with E-state index < -0.39 is 11.7 Å². The van der Waals surface area contributed by atoms with Gasteiger partial charge in [0.25, 0.3) is 5.91 Å². The second kappa shape index (κ2) is 5.26. The first kappa shape index (κ1) is 12.7. The average molecular weight is 313 g/mol. The minimum absolute atomic E-state index is 0.0120. The quantitative estimate of drug-likeness (QED) is 0.915. The highest BCUT2D eigenvalue weighted by Gasteiger charge is 2.15. The lowest BCUT2D eigenvalue weighted by Crippen LogP contribution is -2.15. The molecule has 2 N–H and O–H groups in total. The summed E-state index contributed by atoms with van der Waals surface area (Å²) in [6.45, 7) is 1.88. The van der Waals surface area contributed by atoms with Crippen LogP contribution in [0, 0.1) is 5.82 Å². The number of aryl methyl sites for hydroxylation is 1. The van der Waals surface area contributed by atoms with Gasteiger partial charge in [-0.15, -0.1) is 5.10 Å². The van der Waals surface area contributed by atoms with Crippen LogP contribution in [0.5, 0.6) is 0 Å². The van der Waals surface area contributed by atoms with E-state index in [1.54, 1.807) is 6.07 Å². The van der Waals surface area contributed by atoms with Crippen LogP contribution in [0.1, 0.15) is 23.4 Å². The van der Waals surface area contributed by atoms with Crippen LogP contribution in [0.4, 0.5) is 10.1 Å². The summed E-state index contributed by atoms with van der Waals surface area (Å²) in [5.41, 5.74) is 0.0744. The van der Waals surface area contributed by atoms with E-state index in [0.29, 0.717) is 16.7 Å². The number of amides is 1. The van der Waals surface area contributed by atoms with Crippen molar-refractivity contribution in [2.75, 3.05) is 5.32 Å². The molecule has 1 heterocycles. The SMILES string of the molecule is CCc1nc(C(=O)Nc2c(F)cccc2Br)n[nH]1. The molecule has 0 radical (unpaired) electrons. The molecule has 0 saturated carbocycles. The second-order valence-electron chi connectivity index (χ2n) is 3.51. The summed E-state index contributed by atoms with van der Waals surface area (Å²) >= 11 is 3.16. The largest absolute Gasteiger partial charge is 0.316 e. The summed E-state index contributed by atoms with van der Waals surface area (Å²) in [6, 6.07) is 4.43. The molecular formula is C11H10BrFN4O. The van der Waals surface area contributed by atoms with Crippen molar-refractivity contribution >= 4 is 27.5 Å². The van der Waals surface area contributed by atoms with Crippen LogP contribution in [0.25, 0.3) is 0 Å². The van der Waals surface area contributed by atoms with Crippen LogP contribution >= 0.6 is 15.9 Å². The molecule has 0 fully saturated rings. The molecule has 0 bridgehead atoms. The molecule has 0 spiro atoms. The summed E-state index contributed by atoms with van der Waals surface area (Å²) in [5.74, 6) is -0.490. The van der Waals surface area contributed by atoms with Crippen molar-refractivity contribution in [1.82, 2.24) is 15.2 Å². The van der Waals surface area contributed by atoms with Gasteiger partial charge in [0.05, 0.1) is 5.69 Å². The van der Waals surface area contributed by atoms with Crippen molar-refractivity contribution in [1.29, 1.82) is 0 Å². The molecule has 0 aliphatic heterocycles. The van der Waals surface area contributed by atoms with Crippen LogP contribution < -0.4 is 5.32 Å². The Morgan fingerprint density at radius 1 is 1.56 bits per heavy atom. The molecule has 1 aromatic carbocycles. The van der Waals surface area contributed by atoms with E-state index in [9.17, 15) is 9.18 Å². The number of anilines is 1. The highest BCUT2D eigenvalue weighted by molar-refractivity contribution is 9.10. The predicted molar refractivity (Wildman–Crippen MR) is 67.8 cm³/mol. The standard InChI is InChI=1S/C11H10BrFN4O/c1-2-8-14-10(17-16-8)11(18)15-9-6(12)4-3-5-7(9)13/h3-5H,2H2,1H3,(H,15,18)(H,14,16,17). The molecule has 2 rings (SSSR count). The molecule has 1 aromatic heterocycles. The van der Waals surface area contributed by atoms with Gasteiger partial charge in [-0.25, -0.2) is 9.37 Å². The van der Waals surface area contributed by atoms with Gasteiger partial charge in [-0.1, -0.05) is 13.0 Å². The number of aromatic nitrogens is 3. The summed E-state index contributed by atoms with van der Waals surface area (Å²) in [6.07, 6.45) is 0.643. The normalized spacial score (nSPS) is 10.4. The van der Waals surface area contributed by atoms with Gasteiger partial charge in [0.1, 0.15) is 11.6 Å². The third kappa shape index (κ3) is 2.56. The maximum Gasteiger partial charge on any atom is 0.295 e. The maximum absolute atomic E-state index is 13.5. The first-order valence-electron chi connectivity index (χ1n) is 5.28. The van der Waals surface area contributed by atoms with E-state index in [2.05, 4.69) is 36.4 Å². The number of carbonyl (C=O) groups excluding carboxylic acids is 1. The zero-order valence-corrected chi connectivity index (χ0v) is 11.1. The van der Waals surface area contributed by atoms with Crippen molar-refractivity contribution in [3.63, 3.8) is 0 Å². The molecule has 5 nitrogen and oxygen atoms in total. The second-order valence-corrected chi connectivity index (χ2v) is 4.36. The predicted octanol–water partition coefficient (Wildman–Crippen LogP) is 2.52. The van der Waals surface area contributed by atoms with Crippen LogP contribution in [-0.2, 0) is 6.42 Å². The Morgan fingerprint density at radius 3 is 2.94 bits per heavy atom. The summed E-state index contributed by atoms with van der Waals surface area (Å²) in [5, 5.41) is 8.81. The monoisotopic (exact) mass is 312 g/mol. The van der Waals surface area contributed by atoms with Gasteiger partial charge in [0, 0.05) is 10.9 Å². The number of benzene rings is 1. The molecule has 2 aromatic rings. The molecular weight excluding hydrogens is 303 g/mol. The molecule has 0 atom stereocenters. The van der Waals surface area contributed by atoms with Gasteiger partial charge >= 0.3 is 0 Å². The Kier molecular flexibility index (Phi) is 3.71. The molecule has 94 valence electrons. The first-order chi connectivity index (χ1) is 8.61. The molecule has 0 aliphatic carbocycles. The Hall–Kier alpha value is -1.76. The van der Waals surface area contributed by atoms with Crippen molar-refractivity contribution in [2.24, 2.45) is 0 Å². The Balaban J connectivity index is 2.21. The number of H-pyrrole nitrogens is 1. The number of aromatic amines is 1. The molecule has 7 heteroatoms. The molecule has 1 amide bonds. The van der Waals surface area contributed by atoms with E-state index >= 15 is 0 Å². The number of nitrogens with zero attached hydrogens (tertiary/aromatic N) is 2. The van der Waals surface area contributed by atoms with E-state index in [1.165, 1.54) is 12.1 Å². The Morgan fingerprint density at radius 2 is 2.33 bits per heavy atom. The number of carbonyl (C=O) groups is 1.